The zero-order chi connectivity index (χ0) is 25.6. The number of likely N-dealkylation sites (N-methyl/N-ethyl adjacent to an activating group) is 1. The summed E-state index contributed by atoms with van der Waals surface area (Å²) in [6, 6.07) is 5.99. The fourth-order valence-electron chi connectivity index (χ4n) is 4.22. The normalized spacial score (nSPS) is 18.5. The Morgan fingerprint density at radius 1 is 1.34 bits per heavy atom. The van der Waals surface area contributed by atoms with E-state index in [4.69, 9.17) is 10.5 Å². The Morgan fingerprint density at radius 2 is 2.11 bits per heavy atom. The van der Waals surface area contributed by atoms with Crippen LogP contribution in [0.2, 0.25) is 0 Å². The molecular formula is C25H41N7O3. The van der Waals surface area contributed by atoms with E-state index in [2.05, 4.69) is 43.4 Å². The maximum absolute atomic E-state index is 12.6. The summed E-state index contributed by atoms with van der Waals surface area (Å²) in [5, 5.41) is 5.30. The standard InChI is InChI=1S/C25H41N7O3/c1-18-14-27-10-11-32(18)29-22(33)7-6-12-35-20-9-8-19-15-31(24(26)28-21(19)13-20)16-23(34)30(5)17-25(2,3)4/h8-9,13,18,27H,6-7,10-12,14-17H2,1-5H3,(H2,26,28)(H,29,33). The number of rotatable bonds is 9. The van der Waals surface area contributed by atoms with Crippen LogP contribution in [0.3, 0.4) is 0 Å². The lowest BCUT2D eigenvalue weighted by atomic mass is 9.96. The number of piperazine rings is 1. The Balaban J connectivity index is 1.45. The minimum absolute atomic E-state index is 0.00736. The molecule has 3 rings (SSSR count). The molecule has 0 aliphatic carbocycles. The highest BCUT2D eigenvalue weighted by molar-refractivity contribution is 5.88. The Hall–Kier alpha value is -2.85. The van der Waals surface area contributed by atoms with Gasteiger partial charge in [-0.1, -0.05) is 26.8 Å². The predicted molar refractivity (Wildman–Crippen MR) is 137 cm³/mol. The van der Waals surface area contributed by atoms with E-state index in [0.29, 0.717) is 44.2 Å². The van der Waals surface area contributed by atoms with E-state index in [9.17, 15) is 9.59 Å². The van der Waals surface area contributed by atoms with Gasteiger partial charge in [-0.2, -0.15) is 0 Å². The zero-order valence-electron chi connectivity index (χ0n) is 21.8. The van der Waals surface area contributed by atoms with Gasteiger partial charge in [0.05, 0.1) is 12.3 Å². The fourth-order valence-corrected chi connectivity index (χ4v) is 4.22. The molecule has 35 heavy (non-hydrogen) atoms. The number of guanidine groups is 1. The van der Waals surface area contributed by atoms with Crippen molar-refractivity contribution in [1.82, 2.24) is 25.6 Å². The van der Waals surface area contributed by atoms with Crippen molar-refractivity contribution < 1.29 is 14.3 Å². The van der Waals surface area contributed by atoms with Gasteiger partial charge in [0.15, 0.2) is 5.96 Å². The Bertz CT molecular complexity index is 928. The van der Waals surface area contributed by atoms with Crippen LogP contribution in [0.1, 0.15) is 46.1 Å². The summed E-state index contributed by atoms with van der Waals surface area (Å²) in [6.45, 7) is 12.8. The quantitative estimate of drug-likeness (QED) is 0.452. The molecule has 2 amide bonds. The van der Waals surface area contributed by atoms with Crippen molar-refractivity contribution in [2.45, 2.75) is 53.1 Å². The minimum atomic E-state index is 0.00736. The summed E-state index contributed by atoms with van der Waals surface area (Å²) in [5.74, 6) is 1.03. The lowest BCUT2D eigenvalue weighted by Gasteiger charge is -2.33. The average Bonchev–Trinajstić information content (AvgIpc) is 2.77. The van der Waals surface area contributed by atoms with Crippen molar-refractivity contribution in [3.63, 3.8) is 0 Å². The molecule has 2 aliphatic rings. The van der Waals surface area contributed by atoms with Crippen LogP contribution in [-0.2, 0) is 16.1 Å². The first kappa shape index (κ1) is 26.7. The lowest BCUT2D eigenvalue weighted by Crippen LogP contribution is -2.57. The lowest BCUT2D eigenvalue weighted by molar-refractivity contribution is -0.131. The van der Waals surface area contributed by atoms with Gasteiger partial charge in [-0.05, 0) is 30.4 Å². The number of nitrogens with zero attached hydrogens (tertiary/aromatic N) is 4. The van der Waals surface area contributed by atoms with Crippen LogP contribution in [0.4, 0.5) is 5.69 Å². The van der Waals surface area contributed by atoms with Crippen molar-refractivity contribution in [3.8, 4) is 5.75 Å². The zero-order valence-corrected chi connectivity index (χ0v) is 21.8. The number of aliphatic imine (C=N–C) groups is 1. The molecule has 2 heterocycles. The van der Waals surface area contributed by atoms with E-state index in [0.717, 1.165) is 30.9 Å². The summed E-state index contributed by atoms with van der Waals surface area (Å²) in [7, 11) is 1.82. The monoisotopic (exact) mass is 487 g/mol. The number of benzene rings is 1. The second-order valence-electron chi connectivity index (χ2n) is 10.7. The minimum Gasteiger partial charge on any atom is -0.494 e. The molecule has 0 saturated carbocycles. The van der Waals surface area contributed by atoms with Gasteiger partial charge in [-0.3, -0.25) is 15.0 Å². The van der Waals surface area contributed by atoms with Gasteiger partial charge in [0, 0.05) is 58.3 Å². The molecule has 4 N–H and O–H groups in total. The number of hydrogen-bond donors (Lipinski definition) is 3. The number of ether oxygens (including phenoxy) is 1. The van der Waals surface area contributed by atoms with E-state index in [1.807, 2.05) is 30.3 Å². The van der Waals surface area contributed by atoms with E-state index in [1.54, 1.807) is 9.80 Å². The first-order valence-electron chi connectivity index (χ1n) is 12.4. The molecule has 0 radical (unpaired) electrons. The third-order valence-electron chi connectivity index (χ3n) is 6.03. The number of carbonyl (C=O) groups excluding carboxylic acids is 2. The third kappa shape index (κ3) is 8.10. The van der Waals surface area contributed by atoms with Gasteiger partial charge in [0.25, 0.3) is 0 Å². The van der Waals surface area contributed by atoms with Gasteiger partial charge in [-0.15, -0.1) is 0 Å². The van der Waals surface area contributed by atoms with Crippen LogP contribution in [0.15, 0.2) is 23.2 Å². The van der Waals surface area contributed by atoms with Gasteiger partial charge >= 0.3 is 0 Å². The molecule has 2 aliphatic heterocycles. The molecule has 10 heteroatoms. The van der Waals surface area contributed by atoms with Crippen molar-refractivity contribution in [1.29, 1.82) is 0 Å². The number of fused-ring (bicyclic) bond motifs is 1. The number of nitrogens with two attached hydrogens (primary N) is 1. The first-order chi connectivity index (χ1) is 16.5. The molecule has 10 nitrogen and oxygen atoms in total. The molecule has 0 aromatic heterocycles. The summed E-state index contributed by atoms with van der Waals surface area (Å²) in [4.78, 5) is 32.9. The molecule has 0 bridgehead atoms. The van der Waals surface area contributed by atoms with E-state index >= 15 is 0 Å². The van der Waals surface area contributed by atoms with Crippen molar-refractivity contribution >= 4 is 23.5 Å². The van der Waals surface area contributed by atoms with Crippen LogP contribution in [0.25, 0.3) is 0 Å². The number of amides is 2. The summed E-state index contributed by atoms with van der Waals surface area (Å²) >= 11 is 0. The second-order valence-corrected chi connectivity index (χ2v) is 10.7. The molecule has 0 spiro atoms. The predicted octanol–water partition coefficient (Wildman–Crippen LogP) is 1.44. The smallest absolute Gasteiger partial charge is 0.241 e. The molecule has 1 atom stereocenters. The van der Waals surface area contributed by atoms with Gasteiger partial charge < -0.3 is 25.6 Å². The highest BCUT2D eigenvalue weighted by atomic mass is 16.5. The van der Waals surface area contributed by atoms with Gasteiger partial charge in [0.2, 0.25) is 11.8 Å². The maximum atomic E-state index is 12.6. The second kappa shape index (κ2) is 11.7. The van der Waals surface area contributed by atoms with Gasteiger partial charge in [-0.25, -0.2) is 10.0 Å². The SMILES string of the molecule is CC1CNCCN1NC(=O)CCCOc1ccc2c(c1)N=C(N)N(CC(=O)N(C)CC(C)(C)C)C2. The molecule has 1 aromatic carbocycles. The Kier molecular flexibility index (Phi) is 8.96. The maximum Gasteiger partial charge on any atom is 0.241 e. The van der Waals surface area contributed by atoms with Crippen molar-refractivity contribution in [2.24, 2.45) is 16.1 Å². The number of carbonyl (C=O) groups is 2. The number of hydrogen-bond acceptors (Lipinski definition) is 8. The molecule has 1 unspecified atom stereocenters. The van der Waals surface area contributed by atoms with Crippen LogP contribution in [-0.4, -0.2) is 85.0 Å². The molecule has 1 aromatic rings. The molecular weight excluding hydrogens is 446 g/mol. The number of nitrogens with one attached hydrogen (secondary N) is 2. The summed E-state index contributed by atoms with van der Waals surface area (Å²) in [5.41, 5.74) is 10.9. The molecule has 194 valence electrons. The number of hydrazine groups is 1. The van der Waals surface area contributed by atoms with Crippen LogP contribution in [0.5, 0.6) is 5.75 Å². The topological polar surface area (TPSA) is 116 Å². The van der Waals surface area contributed by atoms with Crippen molar-refractivity contribution in [2.75, 3.05) is 46.4 Å². The Morgan fingerprint density at radius 3 is 2.83 bits per heavy atom. The highest BCUT2D eigenvalue weighted by Gasteiger charge is 2.24. The Labute approximate surface area is 208 Å². The molecule has 1 fully saturated rings. The van der Waals surface area contributed by atoms with Gasteiger partial charge in [0.1, 0.15) is 12.3 Å². The average molecular weight is 488 g/mol. The summed E-state index contributed by atoms with van der Waals surface area (Å²) < 4.78 is 5.85. The van der Waals surface area contributed by atoms with Crippen LogP contribution >= 0.6 is 0 Å². The first-order valence-corrected chi connectivity index (χ1v) is 12.4. The van der Waals surface area contributed by atoms with E-state index in [-0.39, 0.29) is 29.8 Å². The van der Waals surface area contributed by atoms with E-state index in [1.165, 1.54) is 0 Å². The third-order valence-corrected chi connectivity index (χ3v) is 6.03. The fraction of sp³-hybridized carbons (Fsp3) is 0.640. The summed E-state index contributed by atoms with van der Waals surface area (Å²) in [6.07, 6.45) is 1.02. The van der Waals surface area contributed by atoms with Crippen LogP contribution in [0, 0.1) is 5.41 Å². The van der Waals surface area contributed by atoms with E-state index < -0.39 is 0 Å². The highest BCUT2D eigenvalue weighted by Crippen LogP contribution is 2.30. The largest absolute Gasteiger partial charge is 0.494 e. The molecule has 1 saturated heterocycles. The van der Waals surface area contributed by atoms with Crippen LogP contribution < -0.4 is 21.2 Å². The van der Waals surface area contributed by atoms with Crippen molar-refractivity contribution in [3.05, 3.63) is 23.8 Å².